The highest BCUT2D eigenvalue weighted by molar-refractivity contribution is 9.10. The molecule has 3 rings (SSSR count). The molecule has 5 nitrogen and oxygen atoms in total. The molecular weight excluding hydrogens is 452 g/mol. The molecule has 1 aliphatic heterocycles. The van der Waals surface area contributed by atoms with Crippen LogP contribution in [0.3, 0.4) is 0 Å². The Morgan fingerprint density at radius 3 is 2.72 bits per heavy atom. The summed E-state index contributed by atoms with van der Waals surface area (Å²) in [7, 11) is 0. The fourth-order valence-corrected chi connectivity index (χ4v) is 3.74. The molecule has 1 aliphatic rings. The fraction of sp³-hybridized carbons (Fsp3) is 0.182. The van der Waals surface area contributed by atoms with E-state index in [1.807, 2.05) is 48.5 Å². The molecule has 0 unspecified atom stereocenters. The average molecular weight is 473 g/mol. The minimum absolute atomic E-state index is 0.269. The van der Waals surface area contributed by atoms with E-state index >= 15 is 0 Å². The van der Waals surface area contributed by atoms with E-state index in [1.54, 1.807) is 13.0 Å². The molecule has 1 heterocycles. The summed E-state index contributed by atoms with van der Waals surface area (Å²) in [6.07, 6.45) is 1.68. The molecule has 0 fully saturated rings. The van der Waals surface area contributed by atoms with Crippen LogP contribution in [0.15, 0.2) is 71.2 Å². The van der Waals surface area contributed by atoms with Crippen LogP contribution in [-0.4, -0.2) is 24.3 Å². The lowest BCUT2D eigenvalue weighted by Crippen LogP contribution is -2.45. The minimum Gasteiger partial charge on any atom is -0.490 e. The van der Waals surface area contributed by atoms with Crippen molar-refractivity contribution in [3.8, 4) is 5.75 Å². The van der Waals surface area contributed by atoms with Gasteiger partial charge in [-0.15, -0.1) is 0 Å². The number of ether oxygens (including phenoxy) is 2. The van der Waals surface area contributed by atoms with Crippen LogP contribution in [0, 0.1) is 0 Å². The van der Waals surface area contributed by atoms with Gasteiger partial charge in [-0.2, -0.15) is 0 Å². The van der Waals surface area contributed by atoms with Gasteiger partial charge in [0.2, 0.25) is 0 Å². The van der Waals surface area contributed by atoms with Crippen LogP contribution in [0.1, 0.15) is 24.1 Å². The Balaban J connectivity index is 2.16. The molecule has 29 heavy (non-hydrogen) atoms. The first kappa shape index (κ1) is 21.1. The maximum Gasteiger partial charge on any atom is 0.338 e. The third-order valence-electron chi connectivity index (χ3n) is 4.28. The van der Waals surface area contributed by atoms with Gasteiger partial charge in [0.1, 0.15) is 12.4 Å². The lowest BCUT2D eigenvalue weighted by Gasteiger charge is -2.32. The summed E-state index contributed by atoms with van der Waals surface area (Å²) in [5, 5.41) is 6.75. The monoisotopic (exact) mass is 472 g/mol. The summed E-state index contributed by atoms with van der Waals surface area (Å²) >= 11 is 9.03. The van der Waals surface area contributed by atoms with Gasteiger partial charge in [-0.3, -0.25) is 0 Å². The van der Waals surface area contributed by atoms with Gasteiger partial charge >= 0.3 is 5.97 Å². The highest BCUT2D eigenvalue weighted by Gasteiger charge is 2.34. The molecule has 2 aromatic carbocycles. The van der Waals surface area contributed by atoms with Crippen molar-refractivity contribution in [2.45, 2.75) is 13.0 Å². The van der Waals surface area contributed by atoms with Gasteiger partial charge in [-0.1, -0.05) is 58.9 Å². The number of nitrogens with one attached hydrogen (secondary N) is 2. The second-order valence-corrected chi connectivity index (χ2v) is 7.45. The molecule has 0 amide bonds. The predicted molar refractivity (Wildman–Crippen MR) is 121 cm³/mol. The van der Waals surface area contributed by atoms with Crippen molar-refractivity contribution in [1.82, 2.24) is 10.6 Å². The van der Waals surface area contributed by atoms with Crippen molar-refractivity contribution in [3.63, 3.8) is 0 Å². The van der Waals surface area contributed by atoms with Crippen molar-refractivity contribution in [2.24, 2.45) is 0 Å². The van der Waals surface area contributed by atoms with Crippen LogP contribution in [-0.2, 0) is 9.53 Å². The van der Waals surface area contributed by atoms with Crippen molar-refractivity contribution >= 4 is 44.9 Å². The molecule has 0 spiro atoms. The van der Waals surface area contributed by atoms with Crippen LogP contribution in [0.4, 0.5) is 0 Å². The lowest BCUT2D eigenvalue weighted by molar-refractivity contribution is -0.138. The number of carbonyl (C=O) groups is 1. The van der Waals surface area contributed by atoms with Crippen LogP contribution >= 0.6 is 28.1 Å². The van der Waals surface area contributed by atoms with Crippen molar-refractivity contribution < 1.29 is 14.3 Å². The topological polar surface area (TPSA) is 59.6 Å². The van der Waals surface area contributed by atoms with Crippen LogP contribution < -0.4 is 15.4 Å². The van der Waals surface area contributed by atoms with Crippen LogP contribution in [0.2, 0.25) is 0 Å². The molecule has 1 atom stereocenters. The molecule has 150 valence electrons. The number of rotatable bonds is 7. The first-order valence-corrected chi connectivity index (χ1v) is 10.3. The summed E-state index contributed by atoms with van der Waals surface area (Å²) in [5.74, 6) is 0.252. The van der Waals surface area contributed by atoms with Gasteiger partial charge in [0.25, 0.3) is 0 Å². The van der Waals surface area contributed by atoms with E-state index in [-0.39, 0.29) is 6.61 Å². The maximum atomic E-state index is 13.0. The summed E-state index contributed by atoms with van der Waals surface area (Å²) in [6, 6.07) is 14.7. The van der Waals surface area contributed by atoms with Gasteiger partial charge < -0.3 is 20.1 Å². The standard InChI is InChI=1S/C22H21BrN2O3S/c1-3-12-28-15-10-11-17(23)16(13-15)20-18(21(26)27-4-2)19(24-22(29)25-20)14-8-6-5-7-9-14/h3,5-11,13,20H,1,4,12H2,2H3,(H2,24,25,29)/t20-/m0/s1. The second-order valence-electron chi connectivity index (χ2n) is 6.19. The zero-order valence-electron chi connectivity index (χ0n) is 15.9. The van der Waals surface area contributed by atoms with Gasteiger partial charge in [-0.05, 0) is 48.5 Å². The number of carbonyl (C=O) groups excluding carboxylic acids is 1. The maximum absolute atomic E-state index is 13.0. The number of hydrogen-bond acceptors (Lipinski definition) is 4. The fourth-order valence-electron chi connectivity index (χ4n) is 3.05. The van der Waals surface area contributed by atoms with E-state index in [4.69, 9.17) is 21.7 Å². The number of esters is 1. The summed E-state index contributed by atoms with van der Waals surface area (Å²) in [5.41, 5.74) is 2.74. The Bertz CT molecular complexity index is 960. The number of thiocarbonyl (C=S) groups is 1. The highest BCUT2D eigenvalue weighted by Crippen LogP contribution is 2.37. The first-order chi connectivity index (χ1) is 14.0. The zero-order chi connectivity index (χ0) is 20.8. The molecule has 0 saturated carbocycles. The Hall–Kier alpha value is -2.64. The van der Waals surface area contributed by atoms with Crippen LogP contribution in [0.25, 0.3) is 5.70 Å². The third-order valence-corrected chi connectivity index (χ3v) is 5.22. The van der Waals surface area contributed by atoms with E-state index in [0.717, 1.165) is 15.6 Å². The van der Waals surface area contributed by atoms with E-state index in [1.165, 1.54) is 0 Å². The third kappa shape index (κ3) is 4.86. The Labute approximate surface area is 183 Å². The molecule has 7 heteroatoms. The van der Waals surface area contributed by atoms with E-state index in [0.29, 0.717) is 28.7 Å². The van der Waals surface area contributed by atoms with Crippen LogP contribution in [0.5, 0.6) is 5.75 Å². The van der Waals surface area contributed by atoms with Crippen molar-refractivity contribution in [3.05, 3.63) is 82.4 Å². The SMILES string of the molecule is C=CCOc1ccc(Br)c([C@@H]2NC(=S)NC(c3ccccc3)=C2C(=O)OCC)c1. The molecule has 2 N–H and O–H groups in total. The van der Waals surface area contributed by atoms with E-state index in [2.05, 4.69) is 33.1 Å². The largest absolute Gasteiger partial charge is 0.490 e. The smallest absolute Gasteiger partial charge is 0.338 e. The molecule has 0 aromatic heterocycles. The van der Waals surface area contributed by atoms with Gasteiger partial charge in [-0.25, -0.2) is 4.79 Å². The van der Waals surface area contributed by atoms with E-state index in [9.17, 15) is 4.79 Å². The zero-order valence-corrected chi connectivity index (χ0v) is 18.3. The molecule has 0 radical (unpaired) electrons. The Morgan fingerprint density at radius 2 is 2.03 bits per heavy atom. The molecule has 0 aliphatic carbocycles. The number of benzene rings is 2. The summed E-state index contributed by atoms with van der Waals surface area (Å²) < 4.78 is 11.9. The number of hydrogen-bond donors (Lipinski definition) is 2. The summed E-state index contributed by atoms with van der Waals surface area (Å²) in [6.45, 7) is 6.11. The normalized spacial score (nSPS) is 15.9. The van der Waals surface area contributed by atoms with Crippen molar-refractivity contribution in [1.29, 1.82) is 0 Å². The highest BCUT2D eigenvalue weighted by atomic mass is 79.9. The quantitative estimate of drug-likeness (QED) is 0.351. The van der Waals surface area contributed by atoms with E-state index < -0.39 is 12.0 Å². The van der Waals surface area contributed by atoms with Gasteiger partial charge in [0.15, 0.2) is 5.11 Å². The first-order valence-electron chi connectivity index (χ1n) is 9.12. The lowest BCUT2D eigenvalue weighted by atomic mass is 9.92. The second kappa shape index (κ2) is 9.71. The minimum atomic E-state index is -0.514. The molecular formula is C22H21BrN2O3S. The van der Waals surface area contributed by atoms with Gasteiger partial charge in [0, 0.05) is 4.47 Å². The Kier molecular flexibility index (Phi) is 7.06. The van der Waals surface area contributed by atoms with Gasteiger partial charge in [0.05, 0.1) is 23.9 Å². The molecule has 0 saturated heterocycles. The van der Waals surface area contributed by atoms with Crippen molar-refractivity contribution in [2.75, 3.05) is 13.2 Å². The molecule has 0 bridgehead atoms. The average Bonchev–Trinajstić information content (AvgIpc) is 2.73. The predicted octanol–water partition coefficient (Wildman–Crippen LogP) is 4.51. The number of halogens is 1. The molecule has 2 aromatic rings. The Morgan fingerprint density at radius 1 is 1.28 bits per heavy atom. The summed E-state index contributed by atoms with van der Waals surface area (Å²) in [4.78, 5) is 13.0.